The fourth-order valence-electron chi connectivity index (χ4n) is 4.51. The minimum atomic E-state index is -3.50. The molecule has 1 aliphatic carbocycles. The van der Waals surface area contributed by atoms with Crippen LogP contribution in [-0.4, -0.2) is 68.2 Å². The number of sulfone groups is 1. The van der Waals surface area contributed by atoms with E-state index in [1.165, 1.54) is 24.4 Å². The minimum absolute atomic E-state index is 0.0733. The molecule has 35 heavy (non-hydrogen) atoms. The molecule has 2 aromatic rings. The predicted octanol–water partition coefficient (Wildman–Crippen LogP) is 3.04. The van der Waals surface area contributed by atoms with Gasteiger partial charge in [0, 0.05) is 57.0 Å². The van der Waals surface area contributed by atoms with Crippen LogP contribution in [0.15, 0.2) is 35.4 Å². The maximum Gasteiger partial charge on any atom is 0.270 e. The second-order valence-corrected chi connectivity index (χ2v) is 11.2. The number of carbonyl (C=O) groups excluding carboxylic acids is 1. The van der Waals surface area contributed by atoms with Crippen LogP contribution < -0.4 is 15.1 Å². The lowest BCUT2D eigenvalue weighted by atomic mass is 9.92. The van der Waals surface area contributed by atoms with Crippen molar-refractivity contribution in [2.75, 3.05) is 35.7 Å². The number of benzene rings is 1. The first kappa shape index (κ1) is 25.2. The van der Waals surface area contributed by atoms with Gasteiger partial charge < -0.3 is 15.1 Å². The number of nitrogens with zero attached hydrogens (tertiary/aromatic N) is 4. The van der Waals surface area contributed by atoms with Crippen LogP contribution in [0.2, 0.25) is 0 Å². The van der Waals surface area contributed by atoms with Crippen molar-refractivity contribution in [1.82, 2.24) is 15.3 Å². The lowest BCUT2D eigenvalue weighted by Gasteiger charge is -2.41. The highest BCUT2D eigenvalue weighted by Gasteiger charge is 2.35. The molecule has 1 unspecified atom stereocenters. The van der Waals surface area contributed by atoms with Crippen molar-refractivity contribution >= 4 is 27.4 Å². The molecule has 0 bridgehead atoms. The van der Waals surface area contributed by atoms with E-state index in [4.69, 9.17) is 0 Å². The molecule has 0 radical (unpaired) electrons. The number of piperazine rings is 1. The summed E-state index contributed by atoms with van der Waals surface area (Å²) >= 11 is 0. The molecule has 1 N–H and O–H groups in total. The average molecular weight is 512 g/mol. The Balaban J connectivity index is 1.41. The van der Waals surface area contributed by atoms with Crippen LogP contribution in [0.3, 0.4) is 0 Å². The fraction of sp³-hybridized carbons (Fsp3) is 0.522. The summed E-state index contributed by atoms with van der Waals surface area (Å²) in [4.78, 5) is 25.0. The number of alkyl halides is 2. The zero-order valence-corrected chi connectivity index (χ0v) is 20.4. The normalized spacial score (nSPS) is 21.1. The highest BCUT2D eigenvalue weighted by atomic mass is 32.2. The number of hydrogen-bond acceptors (Lipinski definition) is 7. The topological polar surface area (TPSA) is 95.5 Å². The number of rotatable bonds is 5. The SMILES string of the molecule is CC1CN(c2ccc(S(C)(=O)=O)cc2F)CCN1c1nccc(C(=O)NC2CCC(F)(F)CC2)n1. The van der Waals surface area contributed by atoms with Crippen molar-refractivity contribution in [2.45, 2.75) is 55.5 Å². The zero-order valence-electron chi connectivity index (χ0n) is 19.5. The molecule has 1 amide bonds. The van der Waals surface area contributed by atoms with Gasteiger partial charge in [-0.15, -0.1) is 0 Å². The van der Waals surface area contributed by atoms with Crippen LogP contribution in [-0.2, 0) is 9.84 Å². The molecule has 190 valence electrons. The van der Waals surface area contributed by atoms with Crippen molar-refractivity contribution in [3.8, 4) is 0 Å². The standard InChI is InChI=1S/C23H28F3N5O3S/c1-15-14-30(20-4-3-17(13-18(20)24)35(2,33)34)11-12-31(15)22-27-10-7-19(29-22)21(32)28-16-5-8-23(25,26)9-6-16/h3-4,7,10,13,15-16H,5-6,8-9,11-12,14H2,1-2H3,(H,28,32). The van der Waals surface area contributed by atoms with E-state index in [9.17, 15) is 26.4 Å². The smallest absolute Gasteiger partial charge is 0.270 e. The third-order valence-electron chi connectivity index (χ3n) is 6.50. The van der Waals surface area contributed by atoms with Gasteiger partial charge in [-0.1, -0.05) is 0 Å². The van der Waals surface area contributed by atoms with Crippen LogP contribution in [0.25, 0.3) is 0 Å². The van der Waals surface area contributed by atoms with Crippen LogP contribution in [0.1, 0.15) is 43.1 Å². The molecular weight excluding hydrogens is 483 g/mol. The monoisotopic (exact) mass is 511 g/mol. The number of aromatic nitrogens is 2. The van der Waals surface area contributed by atoms with Gasteiger partial charge in [0.15, 0.2) is 9.84 Å². The number of halogens is 3. The van der Waals surface area contributed by atoms with Gasteiger partial charge in [0.25, 0.3) is 5.91 Å². The molecule has 1 aromatic carbocycles. The molecule has 1 saturated heterocycles. The highest BCUT2D eigenvalue weighted by Crippen LogP contribution is 2.33. The minimum Gasteiger partial charge on any atom is -0.365 e. The largest absolute Gasteiger partial charge is 0.365 e. The molecule has 1 aromatic heterocycles. The van der Waals surface area contributed by atoms with Crippen LogP contribution in [0, 0.1) is 5.82 Å². The van der Waals surface area contributed by atoms with Crippen molar-refractivity contribution in [3.63, 3.8) is 0 Å². The van der Waals surface area contributed by atoms with E-state index in [0.717, 1.165) is 12.3 Å². The van der Waals surface area contributed by atoms with E-state index in [0.29, 0.717) is 31.3 Å². The van der Waals surface area contributed by atoms with E-state index in [1.54, 1.807) is 0 Å². The summed E-state index contributed by atoms with van der Waals surface area (Å²) in [5.74, 6) is -3.35. The molecule has 2 aliphatic rings. The van der Waals surface area contributed by atoms with Gasteiger partial charge >= 0.3 is 0 Å². The Bertz CT molecular complexity index is 1200. The summed E-state index contributed by atoms with van der Waals surface area (Å²) in [5, 5.41) is 2.79. The van der Waals surface area contributed by atoms with Crippen molar-refractivity contribution < 1.29 is 26.4 Å². The second kappa shape index (κ2) is 9.63. The van der Waals surface area contributed by atoms with E-state index in [-0.39, 0.29) is 48.4 Å². The molecule has 4 rings (SSSR count). The molecular formula is C23H28F3N5O3S. The zero-order chi connectivity index (χ0) is 25.4. The Morgan fingerprint density at radius 1 is 1.17 bits per heavy atom. The number of carbonyl (C=O) groups is 1. The summed E-state index contributed by atoms with van der Waals surface area (Å²) in [5.41, 5.74) is 0.473. The molecule has 2 fully saturated rings. The Hall–Kier alpha value is -2.89. The summed E-state index contributed by atoms with van der Waals surface area (Å²) in [6, 6.07) is 4.93. The average Bonchev–Trinajstić information content (AvgIpc) is 2.80. The summed E-state index contributed by atoms with van der Waals surface area (Å²) < 4.78 is 64.8. The Morgan fingerprint density at radius 3 is 2.51 bits per heavy atom. The predicted molar refractivity (Wildman–Crippen MR) is 125 cm³/mol. The first-order valence-corrected chi connectivity index (χ1v) is 13.3. The van der Waals surface area contributed by atoms with Gasteiger partial charge in [0.05, 0.1) is 10.6 Å². The van der Waals surface area contributed by atoms with Crippen molar-refractivity contribution in [1.29, 1.82) is 0 Å². The molecule has 2 heterocycles. The van der Waals surface area contributed by atoms with Crippen LogP contribution in [0.5, 0.6) is 0 Å². The third kappa shape index (κ3) is 5.85. The third-order valence-corrected chi connectivity index (χ3v) is 7.61. The number of amides is 1. The Kier molecular flexibility index (Phi) is 6.94. The van der Waals surface area contributed by atoms with Gasteiger partial charge in [0.2, 0.25) is 11.9 Å². The molecule has 1 atom stereocenters. The van der Waals surface area contributed by atoms with E-state index in [1.807, 2.05) is 16.7 Å². The number of nitrogens with one attached hydrogen (secondary N) is 1. The van der Waals surface area contributed by atoms with Gasteiger partial charge in [-0.3, -0.25) is 4.79 Å². The lowest BCUT2D eigenvalue weighted by molar-refractivity contribution is -0.0399. The quantitative estimate of drug-likeness (QED) is 0.659. The van der Waals surface area contributed by atoms with E-state index < -0.39 is 27.5 Å². The van der Waals surface area contributed by atoms with Crippen LogP contribution in [0.4, 0.5) is 24.8 Å². The molecule has 8 nitrogen and oxygen atoms in total. The molecule has 1 saturated carbocycles. The van der Waals surface area contributed by atoms with Crippen molar-refractivity contribution in [3.05, 3.63) is 42.0 Å². The molecule has 12 heteroatoms. The Morgan fingerprint density at radius 2 is 1.89 bits per heavy atom. The number of hydrogen-bond donors (Lipinski definition) is 1. The first-order chi connectivity index (χ1) is 16.4. The van der Waals surface area contributed by atoms with E-state index >= 15 is 0 Å². The summed E-state index contributed by atoms with van der Waals surface area (Å²) in [6.07, 6.45) is 2.46. The van der Waals surface area contributed by atoms with Gasteiger partial charge in [-0.25, -0.2) is 31.6 Å². The van der Waals surface area contributed by atoms with Gasteiger partial charge in [-0.2, -0.15) is 0 Å². The number of anilines is 2. The lowest BCUT2D eigenvalue weighted by Crippen LogP contribution is -2.53. The van der Waals surface area contributed by atoms with Gasteiger partial charge in [0.1, 0.15) is 11.5 Å². The summed E-state index contributed by atoms with van der Waals surface area (Å²) in [7, 11) is -3.50. The fourth-order valence-corrected chi connectivity index (χ4v) is 5.14. The highest BCUT2D eigenvalue weighted by molar-refractivity contribution is 7.90. The van der Waals surface area contributed by atoms with Crippen molar-refractivity contribution in [2.24, 2.45) is 0 Å². The maximum atomic E-state index is 14.7. The Labute approximate surface area is 202 Å². The summed E-state index contributed by atoms with van der Waals surface area (Å²) in [6.45, 7) is 3.26. The van der Waals surface area contributed by atoms with E-state index in [2.05, 4.69) is 15.3 Å². The first-order valence-electron chi connectivity index (χ1n) is 11.5. The van der Waals surface area contributed by atoms with Gasteiger partial charge in [-0.05, 0) is 44.0 Å². The maximum absolute atomic E-state index is 14.7. The molecule has 1 aliphatic heterocycles. The second-order valence-electron chi connectivity index (χ2n) is 9.22. The van der Waals surface area contributed by atoms with Crippen LogP contribution >= 0.6 is 0 Å². The molecule has 0 spiro atoms.